The molecular weight excluding hydrogens is 124 g/mol. The van der Waals surface area contributed by atoms with Crippen LogP contribution in [0.2, 0.25) is 0 Å². The molecule has 1 unspecified atom stereocenters. The Hall–Kier alpha value is -0.770. The first-order valence-corrected chi connectivity index (χ1v) is 3.78. The first-order valence-electron chi connectivity index (χ1n) is 3.78. The molecule has 0 amide bonds. The minimum atomic E-state index is 0.395. The van der Waals surface area contributed by atoms with Gasteiger partial charge in [0.05, 0.1) is 0 Å². The highest BCUT2D eigenvalue weighted by Gasteiger charge is 2.17. The minimum Gasteiger partial charge on any atom is -0.300 e. The fourth-order valence-electron chi connectivity index (χ4n) is 1.45. The second kappa shape index (κ2) is 3.41. The lowest BCUT2D eigenvalue weighted by Crippen LogP contribution is -2.14. The van der Waals surface area contributed by atoms with Gasteiger partial charge in [-0.25, -0.2) is 0 Å². The van der Waals surface area contributed by atoms with Crippen LogP contribution in [0, 0.1) is 18.3 Å². The monoisotopic (exact) mass is 136 g/mol. The van der Waals surface area contributed by atoms with E-state index in [0.717, 1.165) is 32.1 Å². The number of hydrogen-bond donors (Lipinski definition) is 0. The van der Waals surface area contributed by atoms with Crippen molar-refractivity contribution >= 4 is 5.78 Å². The molecule has 0 N–H and O–H groups in total. The van der Waals surface area contributed by atoms with Crippen LogP contribution < -0.4 is 0 Å². The second-order valence-electron chi connectivity index (χ2n) is 2.91. The van der Waals surface area contributed by atoms with Crippen LogP contribution in [0.15, 0.2) is 0 Å². The summed E-state index contributed by atoms with van der Waals surface area (Å²) in [5, 5.41) is 0. The van der Waals surface area contributed by atoms with E-state index >= 15 is 0 Å². The number of ketones is 1. The highest BCUT2D eigenvalue weighted by molar-refractivity contribution is 5.79. The quantitative estimate of drug-likeness (QED) is 0.502. The molecule has 1 aliphatic rings. The molecule has 1 atom stereocenters. The van der Waals surface area contributed by atoms with Gasteiger partial charge < -0.3 is 0 Å². The summed E-state index contributed by atoms with van der Waals surface area (Å²) in [5.41, 5.74) is 0. The first kappa shape index (κ1) is 7.34. The predicted octanol–water partition coefficient (Wildman–Crippen LogP) is 1.77. The maximum absolute atomic E-state index is 10.9. The maximum Gasteiger partial charge on any atom is 0.133 e. The van der Waals surface area contributed by atoms with Crippen LogP contribution in [-0.4, -0.2) is 5.78 Å². The van der Waals surface area contributed by atoms with Gasteiger partial charge in [-0.3, -0.25) is 4.79 Å². The summed E-state index contributed by atoms with van der Waals surface area (Å²) in [6, 6.07) is 0. The molecule has 0 aromatic carbocycles. The van der Waals surface area contributed by atoms with E-state index in [1.54, 1.807) is 0 Å². The molecule has 1 rings (SSSR count). The van der Waals surface area contributed by atoms with Crippen LogP contribution in [0.25, 0.3) is 0 Å². The number of carbonyl (C=O) groups is 1. The molecule has 1 saturated carbocycles. The van der Waals surface area contributed by atoms with Crippen molar-refractivity contribution in [3.05, 3.63) is 0 Å². The zero-order valence-corrected chi connectivity index (χ0v) is 6.10. The Bertz CT molecular complexity index is 164. The Balaban J connectivity index is 2.34. The highest BCUT2D eigenvalue weighted by Crippen LogP contribution is 2.23. The molecule has 1 fully saturated rings. The molecule has 0 radical (unpaired) electrons. The van der Waals surface area contributed by atoms with Gasteiger partial charge in [0.2, 0.25) is 0 Å². The number of terminal acetylenes is 1. The topological polar surface area (TPSA) is 17.1 Å². The van der Waals surface area contributed by atoms with E-state index in [4.69, 9.17) is 6.42 Å². The normalized spacial score (nSPS) is 25.9. The standard InChI is InChI=1S/C9H12O/c1-2-4-8-5-3-6-9(10)7-8/h1,8H,3-7H2. The van der Waals surface area contributed by atoms with Gasteiger partial charge in [0, 0.05) is 19.3 Å². The Morgan fingerprint density at radius 1 is 1.70 bits per heavy atom. The zero-order valence-electron chi connectivity index (χ0n) is 6.10. The largest absolute Gasteiger partial charge is 0.300 e. The van der Waals surface area contributed by atoms with E-state index in [-0.39, 0.29) is 0 Å². The number of hydrogen-bond acceptors (Lipinski definition) is 1. The summed E-state index contributed by atoms with van der Waals surface area (Å²) in [6.45, 7) is 0. The molecule has 0 bridgehead atoms. The van der Waals surface area contributed by atoms with Gasteiger partial charge in [-0.05, 0) is 18.8 Å². The summed E-state index contributed by atoms with van der Waals surface area (Å²) in [7, 11) is 0. The Labute approximate surface area is 61.8 Å². The number of rotatable bonds is 1. The van der Waals surface area contributed by atoms with Gasteiger partial charge in [0.1, 0.15) is 5.78 Å². The average Bonchev–Trinajstić information content (AvgIpc) is 1.88. The summed E-state index contributed by atoms with van der Waals surface area (Å²) >= 11 is 0. The fourth-order valence-corrected chi connectivity index (χ4v) is 1.45. The molecule has 1 nitrogen and oxygen atoms in total. The lowest BCUT2D eigenvalue weighted by atomic mass is 9.86. The van der Waals surface area contributed by atoms with E-state index < -0.39 is 0 Å². The van der Waals surface area contributed by atoms with Gasteiger partial charge >= 0.3 is 0 Å². The zero-order chi connectivity index (χ0) is 7.40. The molecule has 10 heavy (non-hydrogen) atoms. The Kier molecular flexibility index (Phi) is 2.50. The summed E-state index contributed by atoms with van der Waals surface area (Å²) in [4.78, 5) is 10.9. The van der Waals surface area contributed by atoms with E-state index in [0.29, 0.717) is 11.7 Å². The minimum absolute atomic E-state index is 0.395. The van der Waals surface area contributed by atoms with E-state index in [1.165, 1.54) is 0 Å². The number of Topliss-reactive ketones (excluding diaryl/α,β-unsaturated/α-hetero) is 1. The van der Waals surface area contributed by atoms with Crippen molar-refractivity contribution in [2.24, 2.45) is 5.92 Å². The molecule has 0 aromatic rings. The molecular formula is C9H12O. The van der Waals surface area contributed by atoms with Gasteiger partial charge in [-0.2, -0.15) is 0 Å². The smallest absolute Gasteiger partial charge is 0.133 e. The predicted molar refractivity (Wildman–Crippen MR) is 40.4 cm³/mol. The van der Waals surface area contributed by atoms with Gasteiger partial charge in [-0.15, -0.1) is 12.3 Å². The fraction of sp³-hybridized carbons (Fsp3) is 0.667. The summed E-state index contributed by atoms with van der Waals surface area (Å²) < 4.78 is 0. The number of carbonyl (C=O) groups excluding carboxylic acids is 1. The van der Waals surface area contributed by atoms with Gasteiger partial charge in [0.25, 0.3) is 0 Å². The molecule has 0 saturated heterocycles. The third-order valence-electron chi connectivity index (χ3n) is 1.99. The van der Waals surface area contributed by atoms with Crippen LogP contribution in [0.1, 0.15) is 32.1 Å². The first-order chi connectivity index (χ1) is 4.83. The summed E-state index contributed by atoms with van der Waals surface area (Å²) in [5.74, 6) is 3.49. The third-order valence-corrected chi connectivity index (χ3v) is 1.99. The van der Waals surface area contributed by atoms with Crippen LogP contribution in [0.4, 0.5) is 0 Å². The highest BCUT2D eigenvalue weighted by atomic mass is 16.1. The van der Waals surface area contributed by atoms with Crippen molar-refractivity contribution in [1.82, 2.24) is 0 Å². The van der Waals surface area contributed by atoms with E-state index in [2.05, 4.69) is 5.92 Å². The molecule has 0 spiro atoms. The molecule has 1 aliphatic carbocycles. The summed E-state index contributed by atoms with van der Waals surface area (Å²) in [6.07, 6.45) is 9.63. The lowest BCUT2D eigenvalue weighted by Gasteiger charge is -2.17. The Morgan fingerprint density at radius 2 is 2.50 bits per heavy atom. The second-order valence-corrected chi connectivity index (χ2v) is 2.91. The Morgan fingerprint density at radius 3 is 3.10 bits per heavy atom. The van der Waals surface area contributed by atoms with Crippen LogP contribution in [0.3, 0.4) is 0 Å². The average molecular weight is 136 g/mol. The van der Waals surface area contributed by atoms with Crippen molar-refractivity contribution in [3.63, 3.8) is 0 Å². The van der Waals surface area contributed by atoms with Crippen molar-refractivity contribution in [3.8, 4) is 12.3 Å². The van der Waals surface area contributed by atoms with Gasteiger partial charge in [-0.1, -0.05) is 0 Å². The maximum atomic E-state index is 10.9. The molecule has 0 aromatic heterocycles. The van der Waals surface area contributed by atoms with Crippen LogP contribution in [0.5, 0.6) is 0 Å². The molecule has 0 heterocycles. The molecule has 54 valence electrons. The van der Waals surface area contributed by atoms with Crippen molar-refractivity contribution in [2.75, 3.05) is 0 Å². The van der Waals surface area contributed by atoms with E-state index in [9.17, 15) is 4.79 Å². The molecule has 0 aliphatic heterocycles. The lowest BCUT2D eigenvalue weighted by molar-refractivity contribution is -0.121. The van der Waals surface area contributed by atoms with E-state index in [1.807, 2.05) is 0 Å². The van der Waals surface area contributed by atoms with Crippen molar-refractivity contribution in [2.45, 2.75) is 32.1 Å². The van der Waals surface area contributed by atoms with Crippen LogP contribution >= 0.6 is 0 Å². The molecule has 1 heteroatoms. The van der Waals surface area contributed by atoms with Crippen molar-refractivity contribution in [1.29, 1.82) is 0 Å². The van der Waals surface area contributed by atoms with Crippen LogP contribution in [-0.2, 0) is 4.79 Å². The van der Waals surface area contributed by atoms with Crippen molar-refractivity contribution < 1.29 is 4.79 Å². The SMILES string of the molecule is C#CCC1CCCC(=O)C1. The third kappa shape index (κ3) is 1.88. The van der Waals surface area contributed by atoms with Gasteiger partial charge in [0.15, 0.2) is 0 Å².